The molecule has 0 atom stereocenters. The van der Waals surface area contributed by atoms with E-state index in [0.29, 0.717) is 5.69 Å². The normalized spacial score (nSPS) is 10.2. The third-order valence-electron chi connectivity index (χ3n) is 1.89. The third-order valence-corrected chi connectivity index (χ3v) is 1.89. The molecule has 0 spiro atoms. The van der Waals surface area contributed by atoms with Gasteiger partial charge in [-0.3, -0.25) is 0 Å². The minimum atomic E-state index is -0.864. The van der Waals surface area contributed by atoms with Crippen LogP contribution in [0.15, 0.2) is 29.4 Å². The van der Waals surface area contributed by atoms with Crippen molar-refractivity contribution < 1.29 is 19.2 Å². The van der Waals surface area contributed by atoms with E-state index in [0.717, 1.165) is 0 Å². The molecule has 0 aliphatic rings. The van der Waals surface area contributed by atoms with Crippen molar-refractivity contribution in [2.45, 2.75) is 26.4 Å². The van der Waals surface area contributed by atoms with Crippen molar-refractivity contribution in [1.29, 1.82) is 0 Å². The molecule has 8 nitrogen and oxygen atoms in total. The second-order valence-corrected chi connectivity index (χ2v) is 4.73. The lowest BCUT2D eigenvalue weighted by Crippen LogP contribution is -2.34. The first kappa shape index (κ1) is 15.3. The highest BCUT2D eigenvalue weighted by molar-refractivity contribution is 5.90. The molecule has 0 aliphatic carbocycles. The molecule has 0 saturated heterocycles. The highest BCUT2D eigenvalue weighted by Crippen LogP contribution is 2.13. The Balaban J connectivity index is 2.54. The van der Waals surface area contributed by atoms with Crippen molar-refractivity contribution in [3.05, 3.63) is 40.3 Å². The standard InChI is InChI=1S/C12H14N4O4/c1-12(2,3)19-11(18)15-20-10(17)8-4-6-9(7-5-8)14-16-13/h4-7H,1-3H3,(H,15,18). The van der Waals surface area contributed by atoms with Crippen molar-refractivity contribution in [2.24, 2.45) is 5.11 Å². The van der Waals surface area contributed by atoms with Crippen LogP contribution in [0.2, 0.25) is 0 Å². The van der Waals surface area contributed by atoms with E-state index in [2.05, 4.69) is 14.9 Å². The summed E-state index contributed by atoms with van der Waals surface area (Å²) in [6.07, 6.45) is -0.864. The maximum absolute atomic E-state index is 11.6. The lowest BCUT2D eigenvalue weighted by Gasteiger charge is -2.19. The van der Waals surface area contributed by atoms with E-state index < -0.39 is 17.7 Å². The van der Waals surface area contributed by atoms with Crippen LogP contribution in [0.25, 0.3) is 10.4 Å². The summed E-state index contributed by atoms with van der Waals surface area (Å²) in [6.45, 7) is 5.05. The lowest BCUT2D eigenvalue weighted by molar-refractivity contribution is -0.00129. The number of ether oxygens (including phenoxy) is 1. The van der Waals surface area contributed by atoms with Crippen LogP contribution in [-0.4, -0.2) is 17.7 Å². The first-order valence-corrected chi connectivity index (χ1v) is 5.67. The first-order chi connectivity index (χ1) is 9.31. The van der Waals surface area contributed by atoms with Crippen LogP contribution in [0.4, 0.5) is 10.5 Å². The fraction of sp³-hybridized carbons (Fsp3) is 0.333. The summed E-state index contributed by atoms with van der Waals surface area (Å²) in [4.78, 5) is 30.0. The molecular formula is C12H14N4O4. The Morgan fingerprint density at radius 1 is 1.25 bits per heavy atom. The van der Waals surface area contributed by atoms with E-state index in [1.165, 1.54) is 24.3 Å². The van der Waals surface area contributed by atoms with Gasteiger partial charge in [-0.25, -0.2) is 9.59 Å². The Labute approximate surface area is 115 Å². The zero-order valence-electron chi connectivity index (χ0n) is 11.3. The number of amides is 1. The topological polar surface area (TPSA) is 113 Å². The fourth-order valence-corrected chi connectivity index (χ4v) is 1.16. The van der Waals surface area contributed by atoms with E-state index in [1.807, 2.05) is 5.48 Å². The SMILES string of the molecule is CC(C)(C)OC(=O)NOC(=O)c1ccc(N=[N+]=[N-])cc1. The molecule has 1 amide bonds. The number of carbonyl (C=O) groups excluding carboxylic acids is 2. The average Bonchev–Trinajstić information content (AvgIpc) is 2.35. The molecule has 0 heterocycles. The molecule has 1 rings (SSSR count). The van der Waals surface area contributed by atoms with Crippen molar-refractivity contribution in [3.8, 4) is 0 Å². The minimum absolute atomic E-state index is 0.193. The Morgan fingerprint density at radius 3 is 2.35 bits per heavy atom. The van der Waals surface area contributed by atoms with Gasteiger partial charge >= 0.3 is 12.1 Å². The highest BCUT2D eigenvalue weighted by atomic mass is 16.7. The second kappa shape index (κ2) is 6.44. The number of hydrogen-bond donors (Lipinski definition) is 1. The summed E-state index contributed by atoms with van der Waals surface area (Å²) in [6, 6.07) is 5.71. The summed E-state index contributed by atoms with van der Waals surface area (Å²) in [5.41, 5.74) is 10.00. The molecule has 8 heteroatoms. The monoisotopic (exact) mass is 278 g/mol. The van der Waals surface area contributed by atoms with Crippen molar-refractivity contribution in [2.75, 3.05) is 0 Å². The summed E-state index contributed by atoms with van der Waals surface area (Å²) in [7, 11) is 0. The molecule has 1 aromatic rings. The predicted octanol–water partition coefficient (Wildman–Crippen LogP) is 3.22. The van der Waals surface area contributed by atoms with Gasteiger partial charge in [-0.15, -0.1) is 5.48 Å². The van der Waals surface area contributed by atoms with Gasteiger partial charge in [-0.1, -0.05) is 17.2 Å². The summed E-state index contributed by atoms with van der Waals surface area (Å²) in [5, 5.41) is 3.36. The molecule has 0 fully saturated rings. The van der Waals surface area contributed by atoms with Crippen LogP contribution in [0, 0.1) is 0 Å². The molecule has 0 aliphatic heterocycles. The van der Waals surface area contributed by atoms with Gasteiger partial charge in [0.05, 0.1) is 5.56 Å². The van der Waals surface area contributed by atoms with E-state index in [4.69, 9.17) is 10.3 Å². The van der Waals surface area contributed by atoms with Crippen LogP contribution in [0.5, 0.6) is 0 Å². The third kappa shape index (κ3) is 5.28. The quantitative estimate of drug-likeness (QED) is 0.387. The molecule has 1 aromatic carbocycles. The summed E-state index contributed by atoms with van der Waals surface area (Å²) < 4.78 is 4.89. The molecule has 1 N–H and O–H groups in total. The number of azide groups is 1. The fourth-order valence-electron chi connectivity index (χ4n) is 1.16. The number of hydrogen-bond acceptors (Lipinski definition) is 5. The zero-order valence-corrected chi connectivity index (χ0v) is 11.3. The van der Waals surface area contributed by atoms with Gasteiger partial charge in [0.15, 0.2) is 0 Å². The number of benzene rings is 1. The summed E-state index contributed by atoms with van der Waals surface area (Å²) in [5.74, 6) is -0.761. The Kier molecular flexibility index (Phi) is 4.94. The van der Waals surface area contributed by atoms with Crippen LogP contribution < -0.4 is 5.48 Å². The minimum Gasteiger partial charge on any atom is -0.442 e. The van der Waals surface area contributed by atoms with Gasteiger partial charge in [-0.2, -0.15) is 0 Å². The Hall–Kier alpha value is -2.73. The number of rotatable bonds is 2. The number of nitrogens with one attached hydrogen (secondary N) is 1. The van der Waals surface area contributed by atoms with Gasteiger partial charge in [0.25, 0.3) is 0 Å². The molecule has 0 unspecified atom stereocenters. The van der Waals surface area contributed by atoms with E-state index in [-0.39, 0.29) is 5.56 Å². The van der Waals surface area contributed by atoms with Gasteiger partial charge in [0.1, 0.15) is 5.60 Å². The van der Waals surface area contributed by atoms with Crippen LogP contribution in [0.1, 0.15) is 31.1 Å². The zero-order chi connectivity index (χ0) is 15.2. The van der Waals surface area contributed by atoms with Crippen LogP contribution in [0.3, 0.4) is 0 Å². The van der Waals surface area contributed by atoms with Gasteiger partial charge in [0.2, 0.25) is 0 Å². The molecule has 0 radical (unpaired) electrons. The molecule has 0 aromatic heterocycles. The average molecular weight is 278 g/mol. The Bertz CT molecular complexity index is 542. The molecular weight excluding hydrogens is 264 g/mol. The van der Waals surface area contributed by atoms with E-state index in [1.54, 1.807) is 20.8 Å². The van der Waals surface area contributed by atoms with E-state index >= 15 is 0 Å². The van der Waals surface area contributed by atoms with E-state index in [9.17, 15) is 9.59 Å². The number of nitrogens with zero attached hydrogens (tertiary/aromatic N) is 3. The predicted molar refractivity (Wildman–Crippen MR) is 70.0 cm³/mol. The number of carbonyl (C=O) groups is 2. The maximum atomic E-state index is 11.6. The largest absolute Gasteiger partial charge is 0.442 e. The van der Waals surface area contributed by atoms with Crippen molar-refractivity contribution in [3.63, 3.8) is 0 Å². The van der Waals surface area contributed by atoms with Crippen molar-refractivity contribution in [1.82, 2.24) is 5.48 Å². The van der Waals surface area contributed by atoms with Crippen LogP contribution in [-0.2, 0) is 9.57 Å². The molecule has 106 valence electrons. The lowest BCUT2D eigenvalue weighted by atomic mass is 10.2. The maximum Gasteiger partial charge on any atom is 0.441 e. The first-order valence-electron chi connectivity index (χ1n) is 5.67. The highest BCUT2D eigenvalue weighted by Gasteiger charge is 2.17. The van der Waals surface area contributed by atoms with Gasteiger partial charge < -0.3 is 9.57 Å². The molecule has 20 heavy (non-hydrogen) atoms. The number of hydroxylamine groups is 1. The van der Waals surface area contributed by atoms with Gasteiger partial charge in [0, 0.05) is 10.6 Å². The Morgan fingerprint density at radius 2 is 1.85 bits per heavy atom. The molecule has 0 saturated carbocycles. The summed E-state index contributed by atoms with van der Waals surface area (Å²) >= 11 is 0. The molecule has 0 bridgehead atoms. The second-order valence-electron chi connectivity index (χ2n) is 4.73. The van der Waals surface area contributed by atoms with Gasteiger partial charge in [-0.05, 0) is 38.4 Å². The van der Waals surface area contributed by atoms with Crippen LogP contribution >= 0.6 is 0 Å². The smallest absolute Gasteiger partial charge is 0.441 e. The van der Waals surface area contributed by atoms with Crippen molar-refractivity contribution >= 4 is 17.7 Å².